The molecule has 31 heavy (non-hydrogen) atoms. The summed E-state index contributed by atoms with van der Waals surface area (Å²) in [7, 11) is 0. The van der Waals surface area contributed by atoms with Gasteiger partial charge in [0, 0.05) is 44.7 Å². The predicted octanol–water partition coefficient (Wildman–Crippen LogP) is 0.942. The van der Waals surface area contributed by atoms with Crippen LogP contribution in [0.5, 0.6) is 0 Å². The van der Waals surface area contributed by atoms with E-state index < -0.39 is 0 Å². The van der Waals surface area contributed by atoms with Gasteiger partial charge in [-0.05, 0) is 6.92 Å². The van der Waals surface area contributed by atoms with Crippen molar-refractivity contribution in [2.75, 3.05) is 52.7 Å². The summed E-state index contributed by atoms with van der Waals surface area (Å²) in [5.74, 6) is -0.120. The number of rotatable bonds is 20. The van der Waals surface area contributed by atoms with E-state index in [2.05, 4.69) is 23.3 Å². The van der Waals surface area contributed by atoms with Gasteiger partial charge >= 0.3 is 0 Å². The van der Waals surface area contributed by atoms with Crippen molar-refractivity contribution in [1.29, 1.82) is 0 Å². The highest BCUT2D eigenvalue weighted by atomic mass is 32.1. The lowest BCUT2D eigenvalue weighted by Crippen LogP contribution is -2.29. The Morgan fingerprint density at radius 2 is 1.03 bits per heavy atom. The molecule has 0 aromatic rings. The second-order valence-electron chi connectivity index (χ2n) is 7.30. The molecule has 0 saturated carbocycles. The molecule has 1 unspecified atom stereocenters. The Kier molecular flexibility index (Phi) is 18.3. The lowest BCUT2D eigenvalue weighted by atomic mass is 10.1. The minimum atomic E-state index is -0.291. The highest BCUT2D eigenvalue weighted by Gasteiger charge is 2.08. The van der Waals surface area contributed by atoms with Crippen molar-refractivity contribution in [3.05, 3.63) is 0 Å². The van der Waals surface area contributed by atoms with E-state index in [0.29, 0.717) is 52.4 Å². The Bertz CT molecular complexity index is 496. The van der Waals surface area contributed by atoms with Gasteiger partial charge in [0.2, 0.25) is 11.8 Å². The van der Waals surface area contributed by atoms with Gasteiger partial charge in [-0.2, -0.15) is 12.6 Å². The van der Waals surface area contributed by atoms with Crippen LogP contribution in [0.15, 0.2) is 0 Å². The Hall–Kier alpha value is -1.49. The number of Topliss-reactive ketones (excluding diaryl/α,β-unsaturated/α-hetero) is 2. The summed E-state index contributed by atoms with van der Waals surface area (Å²) in [6.45, 7) is 7.97. The normalized spacial score (nSPS) is 11.9. The maximum Gasteiger partial charge on any atom is 0.222 e. The van der Waals surface area contributed by atoms with Gasteiger partial charge in [0.15, 0.2) is 0 Å². The van der Waals surface area contributed by atoms with Crippen LogP contribution >= 0.6 is 12.6 Å². The van der Waals surface area contributed by atoms with Crippen molar-refractivity contribution in [1.82, 2.24) is 10.6 Å². The summed E-state index contributed by atoms with van der Waals surface area (Å²) in [5.41, 5.74) is 0. The summed E-state index contributed by atoms with van der Waals surface area (Å²) in [5, 5.41) is 5.11. The predicted molar refractivity (Wildman–Crippen MR) is 120 cm³/mol. The molecule has 1 atom stereocenters. The van der Waals surface area contributed by atoms with Gasteiger partial charge in [0.25, 0.3) is 0 Å². The number of hydrogen-bond donors (Lipinski definition) is 3. The van der Waals surface area contributed by atoms with E-state index in [9.17, 15) is 19.2 Å². The smallest absolute Gasteiger partial charge is 0.222 e. The fourth-order valence-electron chi connectivity index (χ4n) is 2.18. The summed E-state index contributed by atoms with van der Waals surface area (Å²) in [6, 6.07) is 0. The van der Waals surface area contributed by atoms with Gasteiger partial charge < -0.3 is 24.8 Å². The molecule has 0 aliphatic carbocycles. The SMILES string of the molecule is CC(C)C(=O)CCOCCNC(=O)CCOCCC(=O)NCCOCCC(=O)C(C)S. The van der Waals surface area contributed by atoms with Crippen LogP contribution in [0.2, 0.25) is 0 Å². The lowest BCUT2D eigenvalue weighted by molar-refractivity contribution is -0.124. The first-order valence-corrected chi connectivity index (χ1v) is 11.3. The Labute approximate surface area is 190 Å². The second-order valence-corrected chi connectivity index (χ2v) is 8.07. The molecule has 0 saturated heterocycles. The highest BCUT2D eigenvalue weighted by molar-refractivity contribution is 7.81. The van der Waals surface area contributed by atoms with Crippen molar-refractivity contribution >= 4 is 36.0 Å². The summed E-state index contributed by atoms with van der Waals surface area (Å²) in [4.78, 5) is 46.1. The maximum absolute atomic E-state index is 11.7. The molecule has 0 aromatic carbocycles. The summed E-state index contributed by atoms with van der Waals surface area (Å²) in [6.07, 6.45) is 1.09. The zero-order valence-electron chi connectivity index (χ0n) is 18.9. The molecule has 0 rings (SSSR count). The van der Waals surface area contributed by atoms with Crippen LogP contribution in [-0.2, 0) is 33.4 Å². The molecular formula is C21H38N2O7S. The number of carbonyl (C=O) groups excluding carboxylic acids is 4. The van der Waals surface area contributed by atoms with E-state index >= 15 is 0 Å². The van der Waals surface area contributed by atoms with Crippen molar-refractivity contribution in [3.63, 3.8) is 0 Å². The van der Waals surface area contributed by atoms with Crippen LogP contribution < -0.4 is 10.6 Å². The van der Waals surface area contributed by atoms with Gasteiger partial charge in [-0.1, -0.05) is 13.8 Å². The molecule has 0 bridgehead atoms. The number of thiol groups is 1. The fraction of sp³-hybridized carbons (Fsp3) is 0.810. The second kappa shape index (κ2) is 19.2. The van der Waals surface area contributed by atoms with E-state index in [1.165, 1.54) is 0 Å². The summed E-state index contributed by atoms with van der Waals surface area (Å²) >= 11 is 4.05. The largest absolute Gasteiger partial charge is 0.380 e. The Balaban J connectivity index is 3.44. The van der Waals surface area contributed by atoms with E-state index in [1.807, 2.05) is 13.8 Å². The van der Waals surface area contributed by atoms with Crippen molar-refractivity contribution < 1.29 is 33.4 Å². The molecule has 2 amide bonds. The minimum Gasteiger partial charge on any atom is -0.380 e. The third kappa shape index (κ3) is 19.0. The van der Waals surface area contributed by atoms with Crippen LogP contribution in [0, 0.1) is 5.92 Å². The molecule has 0 aromatic heterocycles. The topological polar surface area (TPSA) is 120 Å². The van der Waals surface area contributed by atoms with Gasteiger partial charge in [0.1, 0.15) is 11.6 Å². The van der Waals surface area contributed by atoms with Crippen LogP contribution in [0.1, 0.15) is 46.5 Å². The van der Waals surface area contributed by atoms with Crippen molar-refractivity contribution in [3.8, 4) is 0 Å². The quantitative estimate of drug-likeness (QED) is 0.182. The van der Waals surface area contributed by atoms with Crippen LogP contribution in [-0.4, -0.2) is 81.4 Å². The minimum absolute atomic E-state index is 0.0126. The molecule has 2 N–H and O–H groups in total. The highest BCUT2D eigenvalue weighted by Crippen LogP contribution is 1.99. The molecule has 0 heterocycles. The monoisotopic (exact) mass is 462 g/mol. The zero-order valence-corrected chi connectivity index (χ0v) is 19.8. The van der Waals surface area contributed by atoms with E-state index in [4.69, 9.17) is 14.2 Å². The lowest BCUT2D eigenvalue weighted by Gasteiger charge is -2.08. The Morgan fingerprint density at radius 3 is 1.45 bits per heavy atom. The standard InChI is InChI=1S/C21H38N2O7S/c1-16(2)18(24)4-10-29-14-8-22-20(26)6-12-28-13-7-21(27)23-9-15-30-11-5-19(25)17(3)31/h16-17,31H,4-15H2,1-3H3,(H,22,26)(H,23,27). The zero-order chi connectivity index (χ0) is 23.5. The average Bonchev–Trinajstić information content (AvgIpc) is 2.72. The van der Waals surface area contributed by atoms with Gasteiger partial charge in [-0.3, -0.25) is 19.2 Å². The average molecular weight is 463 g/mol. The van der Waals surface area contributed by atoms with Crippen molar-refractivity contribution in [2.45, 2.75) is 51.7 Å². The first-order valence-electron chi connectivity index (χ1n) is 10.7. The third-order valence-electron chi connectivity index (χ3n) is 4.18. The van der Waals surface area contributed by atoms with Gasteiger partial charge in [-0.15, -0.1) is 0 Å². The van der Waals surface area contributed by atoms with Crippen molar-refractivity contribution in [2.24, 2.45) is 5.92 Å². The fourth-order valence-corrected chi connectivity index (χ4v) is 2.31. The number of hydrogen-bond acceptors (Lipinski definition) is 8. The van der Waals surface area contributed by atoms with E-state index in [0.717, 1.165) is 0 Å². The number of carbonyl (C=O) groups is 4. The molecule has 180 valence electrons. The molecule has 0 aliphatic rings. The summed E-state index contributed by atoms with van der Waals surface area (Å²) < 4.78 is 15.9. The van der Waals surface area contributed by atoms with Crippen LogP contribution in [0.3, 0.4) is 0 Å². The number of nitrogens with one attached hydrogen (secondary N) is 2. The molecule has 0 spiro atoms. The number of ether oxygens (including phenoxy) is 3. The molecule has 0 fully saturated rings. The number of amides is 2. The Morgan fingerprint density at radius 1 is 0.645 bits per heavy atom. The first kappa shape index (κ1) is 29.5. The molecular weight excluding hydrogens is 424 g/mol. The van der Waals surface area contributed by atoms with Gasteiger partial charge in [-0.25, -0.2) is 0 Å². The molecule has 0 radical (unpaired) electrons. The molecule has 0 aliphatic heterocycles. The van der Waals surface area contributed by atoms with Crippen LogP contribution in [0.4, 0.5) is 0 Å². The van der Waals surface area contributed by atoms with E-state index in [-0.39, 0.29) is 60.6 Å². The number of ketones is 2. The third-order valence-corrected chi connectivity index (χ3v) is 4.47. The molecule has 9 nitrogen and oxygen atoms in total. The van der Waals surface area contributed by atoms with E-state index in [1.54, 1.807) is 6.92 Å². The maximum atomic E-state index is 11.7. The van der Waals surface area contributed by atoms with Crippen LogP contribution in [0.25, 0.3) is 0 Å². The van der Waals surface area contributed by atoms with Gasteiger partial charge in [0.05, 0.1) is 44.9 Å². The molecule has 10 heteroatoms. The first-order chi connectivity index (χ1) is 14.7.